The van der Waals surface area contributed by atoms with Crippen molar-refractivity contribution >= 4 is 46.7 Å². The van der Waals surface area contributed by atoms with Gasteiger partial charge in [0.05, 0.1) is 18.8 Å². The molecule has 0 radical (unpaired) electrons. The summed E-state index contributed by atoms with van der Waals surface area (Å²) in [5.74, 6) is -1.16. The molecule has 12 nitrogen and oxygen atoms in total. The topological polar surface area (TPSA) is 156 Å². The minimum absolute atomic E-state index is 0.0269. The summed E-state index contributed by atoms with van der Waals surface area (Å²) < 4.78 is 7.36. The number of amides is 1. The molecular weight excluding hydrogens is 678 g/mol. The number of hydrogen-bond acceptors (Lipinski definition) is 11. The van der Waals surface area contributed by atoms with Crippen LogP contribution in [0, 0.1) is 11.3 Å². The van der Waals surface area contributed by atoms with E-state index in [4.69, 9.17) is 21.3 Å². The Balaban J connectivity index is 1.30. The lowest BCUT2D eigenvalue weighted by molar-refractivity contribution is -0.0348. The fourth-order valence-corrected chi connectivity index (χ4v) is 7.91. The van der Waals surface area contributed by atoms with Crippen molar-refractivity contribution in [2.75, 3.05) is 18.0 Å². The minimum atomic E-state index is -2.35. The molecule has 0 saturated carbocycles. The first-order chi connectivity index (χ1) is 24.3. The van der Waals surface area contributed by atoms with Gasteiger partial charge in [0.25, 0.3) is 11.0 Å². The second-order valence-corrected chi connectivity index (χ2v) is 14.1. The predicted octanol–water partition coefficient (Wildman–Crippen LogP) is 4.36. The number of nitrogens with zero attached hydrogens (tertiary/aromatic N) is 6. The Morgan fingerprint density at radius 1 is 0.960 bits per heavy atom. The number of Topliss-reactive ketones (excluding diaryl/α,β-unsaturated/α-hetero) is 1. The zero-order chi connectivity index (χ0) is 34.8. The van der Waals surface area contributed by atoms with E-state index >= 15 is 0 Å². The molecule has 2 saturated heterocycles. The SMILES string of the molecule is N#CC[C@H]1O[C@@H](n2cnc3c2N(C(=O)c2ccccc2)C(Cl)(C(=O)c2ccccc2)N=C3NN2CCC(Sc3ccccc3)CC2)C(O)C1O. The lowest BCUT2D eigenvalue weighted by Crippen LogP contribution is -2.59. The van der Waals surface area contributed by atoms with Gasteiger partial charge in [-0.1, -0.05) is 78.3 Å². The number of aliphatic hydroxyl groups is 2. The molecule has 1 aromatic heterocycles. The molecule has 3 aliphatic rings. The molecular formula is C36H34ClN7O5S. The van der Waals surface area contributed by atoms with Crippen molar-refractivity contribution in [1.29, 1.82) is 5.26 Å². The van der Waals surface area contributed by atoms with Gasteiger partial charge in [0.2, 0.25) is 5.78 Å². The van der Waals surface area contributed by atoms with Crippen LogP contribution in [0.5, 0.6) is 0 Å². The van der Waals surface area contributed by atoms with Gasteiger partial charge in [-0.15, -0.1) is 11.8 Å². The standard InChI is InChI=1S/C36H34ClN7O5S/c37-36(31(47)23-10-4-1-5-11-23)40-32(41-42-20-17-26(18-21-42)50-25-14-8-3-9-15-25)28-33(44(36)34(48)24-12-6-2-7-13-24)43(22-39-28)35-30(46)29(45)27(49-35)16-19-38/h1-15,22,26-27,29-30,35,45-46H,16-18,20-21H2,(H,40,41)/t27-,29?,30?,35-,36?/m1/s1. The molecule has 3 aliphatic heterocycles. The van der Waals surface area contributed by atoms with Gasteiger partial charge in [0, 0.05) is 34.4 Å². The number of alkyl halides is 1. The molecule has 7 rings (SSSR count). The van der Waals surface area contributed by atoms with Crippen LogP contribution in [0.25, 0.3) is 0 Å². The normalized spacial score (nSPS) is 25.4. The van der Waals surface area contributed by atoms with Crippen LogP contribution >= 0.6 is 23.4 Å². The van der Waals surface area contributed by atoms with Crippen LogP contribution in [-0.2, 0) is 4.74 Å². The Hall–Kier alpha value is -4.55. The number of carbonyl (C=O) groups is 2. The summed E-state index contributed by atoms with van der Waals surface area (Å²) in [5.41, 5.74) is 3.96. The Labute approximate surface area is 297 Å². The van der Waals surface area contributed by atoms with E-state index < -0.39 is 41.4 Å². The largest absolute Gasteiger partial charge is 0.387 e. The van der Waals surface area contributed by atoms with Gasteiger partial charge in [-0.05, 0) is 37.1 Å². The highest BCUT2D eigenvalue weighted by atomic mass is 35.5. The molecule has 0 bridgehead atoms. The number of piperidine rings is 1. The number of halogens is 1. The average molecular weight is 712 g/mol. The Morgan fingerprint density at radius 2 is 1.58 bits per heavy atom. The molecule has 0 spiro atoms. The maximum absolute atomic E-state index is 14.5. The highest BCUT2D eigenvalue weighted by Crippen LogP contribution is 2.43. The number of aliphatic imine (C=N–C) groups is 1. The van der Waals surface area contributed by atoms with E-state index in [1.165, 1.54) is 15.8 Å². The molecule has 4 aromatic rings. The second-order valence-electron chi connectivity index (χ2n) is 12.2. The number of amidine groups is 1. The quantitative estimate of drug-likeness (QED) is 0.136. The zero-order valence-corrected chi connectivity index (χ0v) is 28.3. The molecule has 3 unspecified atom stereocenters. The minimum Gasteiger partial charge on any atom is -0.387 e. The van der Waals surface area contributed by atoms with Crippen molar-refractivity contribution in [3.63, 3.8) is 0 Å². The number of nitrogens with one attached hydrogen (secondary N) is 1. The number of aromatic nitrogens is 2. The van der Waals surface area contributed by atoms with Crippen LogP contribution < -0.4 is 10.3 Å². The lowest BCUT2D eigenvalue weighted by atomic mass is 10.0. The maximum Gasteiger partial charge on any atom is 0.283 e. The van der Waals surface area contributed by atoms with Crippen LogP contribution in [0.3, 0.4) is 0 Å². The number of nitriles is 1. The number of anilines is 1. The zero-order valence-electron chi connectivity index (χ0n) is 26.7. The van der Waals surface area contributed by atoms with E-state index in [9.17, 15) is 25.1 Å². The number of fused-ring (bicyclic) bond motifs is 1. The summed E-state index contributed by atoms with van der Waals surface area (Å²) in [5, 5.41) is 31.3. The van der Waals surface area contributed by atoms with Gasteiger partial charge in [-0.2, -0.15) is 5.26 Å². The van der Waals surface area contributed by atoms with Crippen molar-refractivity contribution < 1.29 is 24.5 Å². The van der Waals surface area contributed by atoms with Gasteiger partial charge in [0.15, 0.2) is 17.9 Å². The number of ketones is 1. The molecule has 4 heterocycles. The third-order valence-electron chi connectivity index (χ3n) is 8.96. The number of rotatable bonds is 8. The fourth-order valence-electron chi connectivity index (χ4n) is 6.41. The van der Waals surface area contributed by atoms with E-state index in [2.05, 4.69) is 22.5 Å². The van der Waals surface area contributed by atoms with E-state index in [1.54, 1.807) is 60.7 Å². The molecule has 1 amide bonds. The fraction of sp³-hybridized carbons (Fsp3) is 0.306. The van der Waals surface area contributed by atoms with Gasteiger partial charge < -0.3 is 20.4 Å². The second kappa shape index (κ2) is 14.4. The van der Waals surface area contributed by atoms with E-state index in [-0.39, 0.29) is 34.9 Å². The predicted molar refractivity (Wildman–Crippen MR) is 188 cm³/mol. The summed E-state index contributed by atoms with van der Waals surface area (Å²) in [6.07, 6.45) is -2.27. The summed E-state index contributed by atoms with van der Waals surface area (Å²) in [6, 6.07) is 28.9. The molecule has 3 aromatic carbocycles. The van der Waals surface area contributed by atoms with Crippen LogP contribution in [0.1, 0.15) is 51.9 Å². The first-order valence-electron chi connectivity index (χ1n) is 16.3. The van der Waals surface area contributed by atoms with Crippen molar-refractivity contribution in [1.82, 2.24) is 20.0 Å². The highest BCUT2D eigenvalue weighted by molar-refractivity contribution is 8.00. The smallest absolute Gasteiger partial charge is 0.283 e. The number of thioether (sulfide) groups is 1. The number of ether oxygens (including phenoxy) is 1. The number of benzene rings is 3. The summed E-state index contributed by atoms with van der Waals surface area (Å²) >= 11 is 9.21. The van der Waals surface area contributed by atoms with Gasteiger partial charge in [0.1, 0.15) is 24.0 Å². The first-order valence-corrected chi connectivity index (χ1v) is 17.5. The molecule has 256 valence electrons. The van der Waals surface area contributed by atoms with Gasteiger partial charge in [-0.25, -0.2) is 19.9 Å². The average Bonchev–Trinajstić information content (AvgIpc) is 3.70. The Kier molecular flexibility index (Phi) is 9.74. The summed E-state index contributed by atoms with van der Waals surface area (Å²) in [7, 11) is 0. The molecule has 2 fully saturated rings. The van der Waals surface area contributed by atoms with Crippen LogP contribution in [0.15, 0.2) is 107 Å². The molecule has 14 heteroatoms. The van der Waals surface area contributed by atoms with E-state index in [0.29, 0.717) is 18.3 Å². The molecule has 50 heavy (non-hydrogen) atoms. The van der Waals surface area contributed by atoms with Crippen molar-refractivity contribution in [3.05, 3.63) is 114 Å². The van der Waals surface area contributed by atoms with Crippen molar-refractivity contribution in [2.45, 2.75) is 59.1 Å². The molecule has 0 aliphatic carbocycles. The van der Waals surface area contributed by atoms with E-state index in [1.807, 2.05) is 41.0 Å². The maximum atomic E-state index is 14.5. The number of hydrazine groups is 1. The van der Waals surface area contributed by atoms with Gasteiger partial charge in [-0.3, -0.25) is 14.2 Å². The lowest BCUT2D eigenvalue weighted by Gasteiger charge is -2.40. The number of imidazole rings is 1. The summed E-state index contributed by atoms with van der Waals surface area (Å²) in [4.78, 5) is 40.7. The number of hydrogen-bond donors (Lipinski definition) is 3. The third kappa shape index (κ3) is 6.42. The van der Waals surface area contributed by atoms with Crippen LogP contribution in [0.4, 0.5) is 5.82 Å². The molecule has 3 N–H and O–H groups in total. The highest BCUT2D eigenvalue weighted by Gasteiger charge is 2.54. The van der Waals surface area contributed by atoms with E-state index in [0.717, 1.165) is 17.7 Å². The number of carbonyl (C=O) groups excluding carboxylic acids is 2. The monoisotopic (exact) mass is 711 g/mol. The van der Waals surface area contributed by atoms with Crippen molar-refractivity contribution in [2.24, 2.45) is 4.99 Å². The van der Waals surface area contributed by atoms with Crippen LogP contribution in [-0.4, -0.2) is 84.1 Å². The van der Waals surface area contributed by atoms with Crippen LogP contribution in [0.2, 0.25) is 0 Å². The Bertz CT molecular complexity index is 1920. The molecule has 5 atom stereocenters. The van der Waals surface area contributed by atoms with Gasteiger partial charge >= 0.3 is 0 Å². The van der Waals surface area contributed by atoms with Crippen molar-refractivity contribution in [3.8, 4) is 6.07 Å². The number of aliphatic hydroxyl groups excluding tert-OH is 2. The third-order valence-corrected chi connectivity index (χ3v) is 10.7. The Morgan fingerprint density at radius 3 is 2.22 bits per heavy atom. The first kappa shape index (κ1) is 33.9. The summed E-state index contributed by atoms with van der Waals surface area (Å²) in [6.45, 7) is 1.31.